The minimum Gasteiger partial charge on any atom is -0.306 e. The van der Waals surface area contributed by atoms with Gasteiger partial charge in [-0.1, -0.05) is 60.7 Å². The summed E-state index contributed by atoms with van der Waals surface area (Å²) >= 11 is 0. The summed E-state index contributed by atoms with van der Waals surface area (Å²) in [5.41, 5.74) is 8.85. The summed E-state index contributed by atoms with van der Waals surface area (Å²) in [5.74, 6) is 0. The smallest absolute Gasteiger partial charge is 0.0991 e. The molecule has 0 atom stereocenters. The fraction of sp³-hybridized carbons (Fsp3) is 0. The van der Waals surface area contributed by atoms with Crippen molar-refractivity contribution in [3.05, 3.63) is 139 Å². The van der Waals surface area contributed by atoms with Gasteiger partial charge >= 0.3 is 0 Å². The highest BCUT2D eigenvalue weighted by Gasteiger charge is 2.10. The lowest BCUT2D eigenvalue weighted by Crippen LogP contribution is -1.93. The molecule has 4 aromatic heterocycles. The van der Waals surface area contributed by atoms with E-state index in [2.05, 4.69) is 87.8 Å². The van der Waals surface area contributed by atoms with Crippen LogP contribution in [0.25, 0.3) is 51.7 Å². The highest BCUT2D eigenvalue weighted by atomic mass is 15.0. The van der Waals surface area contributed by atoms with E-state index in [9.17, 15) is 0 Å². The molecule has 6 rings (SSSR count). The van der Waals surface area contributed by atoms with Crippen molar-refractivity contribution in [2.75, 3.05) is 0 Å². The van der Waals surface area contributed by atoms with Crippen molar-refractivity contribution in [3.63, 3.8) is 0 Å². The Bertz CT molecular complexity index is 1560. The van der Waals surface area contributed by atoms with E-state index in [0.29, 0.717) is 0 Å². The zero-order chi connectivity index (χ0) is 24.9. The summed E-state index contributed by atoms with van der Waals surface area (Å²) < 4.78 is 1.99. The maximum atomic E-state index is 4.86. The molecule has 0 aliphatic heterocycles. The lowest BCUT2D eigenvalue weighted by molar-refractivity contribution is 1.06. The Morgan fingerprint density at radius 2 is 1.14 bits per heavy atom. The molecule has 6 aromatic rings. The zero-order valence-corrected chi connectivity index (χ0v) is 20.0. The Kier molecular flexibility index (Phi) is 6.16. The number of pyridine rings is 3. The average molecular weight is 478 g/mol. The molecule has 2 aromatic carbocycles. The Morgan fingerprint density at radius 1 is 0.541 bits per heavy atom. The van der Waals surface area contributed by atoms with Gasteiger partial charge < -0.3 is 4.57 Å². The van der Waals surface area contributed by atoms with Crippen LogP contribution in [0.1, 0.15) is 11.1 Å². The molecule has 0 unspecified atom stereocenters. The van der Waals surface area contributed by atoms with Gasteiger partial charge in [-0.15, -0.1) is 0 Å². The predicted molar refractivity (Wildman–Crippen MR) is 149 cm³/mol. The third-order valence-electron chi connectivity index (χ3n) is 6.09. The highest BCUT2D eigenvalue weighted by molar-refractivity contribution is 5.76. The van der Waals surface area contributed by atoms with Gasteiger partial charge in [0.2, 0.25) is 0 Å². The van der Waals surface area contributed by atoms with Crippen molar-refractivity contribution in [2.24, 2.45) is 0 Å². The second-order valence-corrected chi connectivity index (χ2v) is 8.57. The molecule has 4 heterocycles. The molecule has 37 heavy (non-hydrogen) atoms. The van der Waals surface area contributed by atoms with Crippen molar-refractivity contribution >= 4 is 12.2 Å². The van der Waals surface area contributed by atoms with Gasteiger partial charge in [0.05, 0.1) is 29.1 Å². The van der Waals surface area contributed by atoms with Crippen LogP contribution in [0, 0.1) is 0 Å². The minimum atomic E-state index is 0.821. The van der Waals surface area contributed by atoms with Crippen molar-refractivity contribution in [2.45, 2.75) is 0 Å². The Balaban J connectivity index is 1.27. The molecule has 176 valence electrons. The topological polar surface area (TPSA) is 56.5 Å². The van der Waals surface area contributed by atoms with Crippen LogP contribution in [0.5, 0.6) is 0 Å². The van der Waals surface area contributed by atoms with Crippen LogP contribution in [0.2, 0.25) is 0 Å². The van der Waals surface area contributed by atoms with Crippen molar-refractivity contribution in [1.82, 2.24) is 24.5 Å². The maximum Gasteiger partial charge on any atom is 0.0991 e. The first-order chi connectivity index (χ1) is 18.3. The normalized spacial score (nSPS) is 11.1. The van der Waals surface area contributed by atoms with E-state index in [1.54, 1.807) is 24.9 Å². The molecule has 0 aliphatic carbocycles. The monoisotopic (exact) mass is 477 g/mol. The van der Waals surface area contributed by atoms with E-state index in [4.69, 9.17) is 4.98 Å². The van der Waals surface area contributed by atoms with E-state index in [0.717, 1.165) is 50.7 Å². The number of rotatable bonds is 6. The molecule has 0 bridgehead atoms. The van der Waals surface area contributed by atoms with Crippen LogP contribution in [-0.4, -0.2) is 24.5 Å². The predicted octanol–water partition coefficient (Wildman–Crippen LogP) is 7.23. The molecule has 0 aliphatic rings. The van der Waals surface area contributed by atoms with E-state index < -0.39 is 0 Å². The SMILES string of the molecule is C(=C\c1ccc(-n2ccnc2)cc1)/c1ccc(-c2cc(-c3ccccn3)nc(-c3ccccn3)c2)cc1. The molecule has 5 nitrogen and oxygen atoms in total. The van der Waals surface area contributed by atoms with Crippen LogP contribution in [0.3, 0.4) is 0 Å². The first-order valence-electron chi connectivity index (χ1n) is 12.0. The molecule has 0 saturated heterocycles. The van der Waals surface area contributed by atoms with Crippen LogP contribution in [-0.2, 0) is 0 Å². The second kappa shape index (κ2) is 10.2. The lowest BCUT2D eigenvalue weighted by atomic mass is 10.0. The van der Waals surface area contributed by atoms with E-state index in [1.165, 1.54) is 0 Å². The Hall–Kier alpha value is -5.16. The molecule has 0 fully saturated rings. The van der Waals surface area contributed by atoms with Gasteiger partial charge in [0.25, 0.3) is 0 Å². The van der Waals surface area contributed by atoms with Crippen LogP contribution >= 0.6 is 0 Å². The van der Waals surface area contributed by atoms with Crippen LogP contribution < -0.4 is 0 Å². The number of benzene rings is 2. The number of hydrogen-bond donors (Lipinski definition) is 0. The van der Waals surface area contributed by atoms with Gasteiger partial charge in [-0.3, -0.25) is 9.97 Å². The van der Waals surface area contributed by atoms with Gasteiger partial charge in [-0.25, -0.2) is 9.97 Å². The van der Waals surface area contributed by atoms with Gasteiger partial charge in [0.1, 0.15) is 0 Å². The second-order valence-electron chi connectivity index (χ2n) is 8.57. The lowest BCUT2D eigenvalue weighted by Gasteiger charge is -2.09. The molecular formula is C32H23N5. The van der Waals surface area contributed by atoms with E-state index >= 15 is 0 Å². The van der Waals surface area contributed by atoms with E-state index in [1.807, 2.05) is 47.2 Å². The van der Waals surface area contributed by atoms with Crippen molar-refractivity contribution in [1.29, 1.82) is 0 Å². The third kappa shape index (κ3) is 5.11. The van der Waals surface area contributed by atoms with Gasteiger partial charge in [-0.05, 0) is 70.8 Å². The largest absolute Gasteiger partial charge is 0.306 e. The molecule has 5 heteroatoms. The summed E-state index contributed by atoms with van der Waals surface area (Å²) in [6, 6.07) is 32.8. The maximum absolute atomic E-state index is 4.86. The van der Waals surface area contributed by atoms with Crippen molar-refractivity contribution < 1.29 is 0 Å². The summed E-state index contributed by atoms with van der Waals surface area (Å²) in [6.45, 7) is 0. The highest BCUT2D eigenvalue weighted by Crippen LogP contribution is 2.29. The molecule has 0 radical (unpaired) electrons. The molecule has 0 spiro atoms. The van der Waals surface area contributed by atoms with Gasteiger partial charge in [0, 0.05) is 30.5 Å². The number of aromatic nitrogens is 5. The molecule has 0 amide bonds. The third-order valence-corrected chi connectivity index (χ3v) is 6.09. The molecule has 0 N–H and O–H groups in total. The quantitative estimate of drug-likeness (QED) is 0.238. The summed E-state index contributed by atoms with van der Waals surface area (Å²) in [7, 11) is 0. The molecular weight excluding hydrogens is 454 g/mol. The Labute approximate surface area is 215 Å². The van der Waals surface area contributed by atoms with Gasteiger partial charge in [0.15, 0.2) is 0 Å². The van der Waals surface area contributed by atoms with Crippen LogP contribution in [0.4, 0.5) is 0 Å². The number of nitrogens with zero attached hydrogens (tertiary/aromatic N) is 5. The summed E-state index contributed by atoms with van der Waals surface area (Å²) in [6.07, 6.45) is 13.3. The minimum absolute atomic E-state index is 0.821. The average Bonchev–Trinajstić information content (AvgIpc) is 3.53. The van der Waals surface area contributed by atoms with E-state index in [-0.39, 0.29) is 0 Å². The summed E-state index contributed by atoms with van der Waals surface area (Å²) in [5, 5.41) is 0. The zero-order valence-electron chi connectivity index (χ0n) is 20.0. The summed E-state index contributed by atoms with van der Waals surface area (Å²) in [4.78, 5) is 18.0. The van der Waals surface area contributed by atoms with Crippen LogP contribution in [0.15, 0.2) is 128 Å². The molecule has 0 saturated carbocycles. The first kappa shape index (κ1) is 22.3. The van der Waals surface area contributed by atoms with Crippen molar-refractivity contribution in [3.8, 4) is 39.6 Å². The fourth-order valence-electron chi connectivity index (χ4n) is 4.14. The first-order valence-corrected chi connectivity index (χ1v) is 12.0. The number of imidazole rings is 1. The Morgan fingerprint density at radius 3 is 1.65 bits per heavy atom. The number of hydrogen-bond acceptors (Lipinski definition) is 4. The van der Waals surface area contributed by atoms with Gasteiger partial charge in [-0.2, -0.15) is 0 Å². The standard InChI is InChI=1S/C32H23N5/c1-3-17-34-29(5-1)31-21-27(22-32(36-31)30-6-2-4-18-35-30)26-13-9-24(10-14-26)7-8-25-11-15-28(16-12-25)37-20-19-33-23-37/h1-23H/b8-7+. The fourth-order valence-corrected chi connectivity index (χ4v) is 4.14.